The molecule has 5 nitrogen and oxygen atoms in total. The molecule has 6 heterocycles. The molecule has 5 aliphatic heterocycles. The zero-order valence-corrected chi connectivity index (χ0v) is 27.8. The molecule has 46 heavy (non-hydrogen) atoms. The lowest BCUT2D eigenvalue weighted by Gasteiger charge is -2.56. The van der Waals surface area contributed by atoms with Gasteiger partial charge in [0.1, 0.15) is 23.8 Å². The maximum absolute atomic E-state index is 16.0. The van der Waals surface area contributed by atoms with E-state index in [0.717, 1.165) is 94.4 Å². The van der Waals surface area contributed by atoms with Crippen LogP contribution in [-0.2, 0) is 12.5 Å². The fourth-order valence-corrected chi connectivity index (χ4v) is 8.23. The lowest BCUT2D eigenvalue weighted by atomic mass is 9.70. The second-order valence-electron chi connectivity index (χ2n) is 13.4. The van der Waals surface area contributed by atoms with Crippen molar-refractivity contribution in [3.05, 3.63) is 78.0 Å². The molecule has 1 aromatic heterocycles. The number of allylic oxidation sites excluding steroid dienone is 1. The maximum Gasteiger partial charge on any atom is 0.278 e. The highest BCUT2D eigenvalue weighted by molar-refractivity contribution is 5.82. The minimum Gasteiger partial charge on any atom is -0.365 e. The monoisotopic (exact) mass is 635 g/mol. The van der Waals surface area contributed by atoms with Crippen LogP contribution in [0, 0.1) is 17.7 Å². The van der Waals surface area contributed by atoms with Crippen molar-refractivity contribution in [3.63, 3.8) is 0 Å². The Morgan fingerprint density at radius 1 is 0.957 bits per heavy atom. The van der Waals surface area contributed by atoms with Crippen molar-refractivity contribution >= 4 is 17.7 Å². The van der Waals surface area contributed by atoms with Gasteiger partial charge in [-0.2, -0.15) is 0 Å². The first-order valence-corrected chi connectivity index (χ1v) is 17.5. The summed E-state index contributed by atoms with van der Waals surface area (Å²) in [5.74, 6) is -3.08. The normalized spacial score (nSPS) is 25.7. The second kappa shape index (κ2) is 15.2. The van der Waals surface area contributed by atoms with Crippen LogP contribution in [0.3, 0.4) is 0 Å². The molecule has 6 aliphatic rings. The molecule has 2 saturated heterocycles. The van der Waals surface area contributed by atoms with E-state index in [9.17, 15) is 0 Å². The highest BCUT2D eigenvalue weighted by Gasteiger charge is 2.54. The third-order valence-electron chi connectivity index (χ3n) is 10.6. The topological polar surface area (TPSA) is 44.3 Å². The Morgan fingerprint density at radius 2 is 1.63 bits per heavy atom. The van der Waals surface area contributed by atoms with Gasteiger partial charge in [0.2, 0.25) is 0 Å². The first kappa shape index (κ1) is 34.2. The van der Waals surface area contributed by atoms with E-state index in [1.807, 2.05) is 0 Å². The van der Waals surface area contributed by atoms with E-state index in [4.69, 9.17) is 4.98 Å². The van der Waals surface area contributed by atoms with E-state index in [0.29, 0.717) is 24.6 Å². The summed E-state index contributed by atoms with van der Waals surface area (Å²) in [6.45, 7) is 16.9. The largest absolute Gasteiger partial charge is 0.365 e. The van der Waals surface area contributed by atoms with Gasteiger partial charge in [0, 0.05) is 42.4 Å². The Balaban J connectivity index is 0.00000204. The van der Waals surface area contributed by atoms with Crippen molar-refractivity contribution in [2.75, 3.05) is 23.3 Å². The van der Waals surface area contributed by atoms with Crippen LogP contribution in [0.25, 0.3) is 6.08 Å². The van der Waals surface area contributed by atoms with Crippen LogP contribution < -0.4 is 10.2 Å². The van der Waals surface area contributed by atoms with E-state index in [1.165, 1.54) is 18.0 Å². The van der Waals surface area contributed by atoms with Gasteiger partial charge in [-0.1, -0.05) is 70.7 Å². The van der Waals surface area contributed by atoms with Crippen molar-refractivity contribution in [3.8, 4) is 0 Å². The van der Waals surface area contributed by atoms with Gasteiger partial charge in [-0.05, 0) is 69.1 Å². The zero-order chi connectivity index (χ0) is 32.8. The van der Waals surface area contributed by atoms with Gasteiger partial charge in [-0.15, -0.1) is 13.2 Å². The van der Waals surface area contributed by atoms with Gasteiger partial charge in [0.15, 0.2) is 0 Å². The third kappa shape index (κ3) is 6.78. The van der Waals surface area contributed by atoms with E-state index in [1.54, 1.807) is 12.1 Å². The summed E-state index contributed by atoms with van der Waals surface area (Å²) < 4.78 is 47.8. The molecule has 0 amide bonds. The first-order chi connectivity index (χ1) is 22.3. The number of hydrogen-bond donors (Lipinski definition) is 1. The Labute approximate surface area is 274 Å². The zero-order valence-electron chi connectivity index (χ0n) is 27.8. The molecular formula is C38H52F3N5. The number of anilines is 2. The summed E-state index contributed by atoms with van der Waals surface area (Å²) in [5.41, 5.74) is 2.84. The maximum atomic E-state index is 16.0. The molecule has 1 N–H and O–H groups in total. The number of rotatable bonds is 5. The number of hydrogen-bond acceptors (Lipinski definition) is 5. The molecular weight excluding hydrogens is 583 g/mol. The highest BCUT2D eigenvalue weighted by atomic mass is 19.3. The fraction of sp³-hybridized carbons (Fsp3) is 0.579. The third-order valence-corrected chi connectivity index (χ3v) is 10.6. The van der Waals surface area contributed by atoms with Crippen LogP contribution in [-0.4, -0.2) is 40.0 Å². The number of alkyl halides is 2. The Bertz CT molecular complexity index is 1370. The van der Waals surface area contributed by atoms with E-state index in [-0.39, 0.29) is 24.2 Å². The van der Waals surface area contributed by atoms with Gasteiger partial charge in [-0.3, -0.25) is 4.90 Å². The summed E-state index contributed by atoms with van der Waals surface area (Å²) >= 11 is 0. The van der Waals surface area contributed by atoms with Crippen molar-refractivity contribution < 1.29 is 13.2 Å². The molecule has 1 saturated carbocycles. The van der Waals surface area contributed by atoms with Crippen molar-refractivity contribution in [2.24, 2.45) is 11.8 Å². The summed E-state index contributed by atoms with van der Waals surface area (Å²) in [6, 6.07) is 4.83. The fourth-order valence-electron chi connectivity index (χ4n) is 8.23. The number of nitrogens with zero attached hydrogens (tertiary/aromatic N) is 4. The molecule has 2 unspecified atom stereocenters. The van der Waals surface area contributed by atoms with Gasteiger partial charge in [0.05, 0.1) is 11.1 Å². The van der Waals surface area contributed by atoms with Crippen molar-refractivity contribution in [1.29, 1.82) is 0 Å². The quantitative estimate of drug-likeness (QED) is 0.332. The molecule has 1 aliphatic carbocycles. The lowest BCUT2D eigenvalue weighted by Crippen LogP contribution is -2.62. The van der Waals surface area contributed by atoms with Crippen molar-refractivity contribution in [1.82, 2.24) is 14.9 Å². The number of halogens is 3. The van der Waals surface area contributed by atoms with Crippen LogP contribution >= 0.6 is 0 Å². The van der Waals surface area contributed by atoms with E-state index >= 15 is 13.2 Å². The van der Waals surface area contributed by atoms with Gasteiger partial charge in [0.25, 0.3) is 5.92 Å². The molecule has 1 aromatic carbocycles. The molecule has 0 spiro atoms. The van der Waals surface area contributed by atoms with Crippen LogP contribution in [0.15, 0.2) is 55.5 Å². The number of aromatic nitrogens is 2. The van der Waals surface area contributed by atoms with E-state index in [2.05, 4.69) is 59.8 Å². The highest BCUT2D eigenvalue weighted by Crippen LogP contribution is 2.51. The molecule has 8 rings (SSSR count). The van der Waals surface area contributed by atoms with Crippen LogP contribution in [0.1, 0.15) is 108 Å². The molecule has 2 aromatic rings. The van der Waals surface area contributed by atoms with Gasteiger partial charge >= 0.3 is 0 Å². The molecule has 0 radical (unpaired) electrons. The SMILES string of the molecule is C=C.C=C1C(C(CCC)CCC)=Cc2c3ncnc2N1CCCCCCCN1C2CC1CC(C2)C(F)(F)c1cccc(c1F)CN3. The smallest absolute Gasteiger partial charge is 0.278 e. The number of nitrogens with one attached hydrogen (secondary N) is 1. The molecule has 8 heteroatoms. The number of fused-ring (bicyclic) bond motifs is 7. The number of piperidine rings is 1. The molecule has 3 fully saturated rings. The second-order valence-corrected chi connectivity index (χ2v) is 13.4. The Kier molecular flexibility index (Phi) is 11.3. The van der Waals surface area contributed by atoms with Crippen LogP contribution in [0.4, 0.5) is 24.8 Å². The average molecular weight is 636 g/mol. The minimum absolute atomic E-state index is 0.0559. The summed E-state index contributed by atoms with van der Waals surface area (Å²) in [4.78, 5) is 14.0. The lowest BCUT2D eigenvalue weighted by molar-refractivity contribution is -0.145. The summed E-state index contributed by atoms with van der Waals surface area (Å²) in [6.07, 6.45) is 15.4. The first-order valence-electron chi connectivity index (χ1n) is 17.5. The van der Waals surface area contributed by atoms with Crippen LogP contribution in [0.5, 0.6) is 0 Å². The molecule has 250 valence electrons. The summed E-state index contributed by atoms with van der Waals surface area (Å²) in [5, 5.41) is 3.31. The number of benzene rings is 1. The Morgan fingerprint density at radius 3 is 2.33 bits per heavy atom. The molecule has 10 bridgehead atoms. The van der Waals surface area contributed by atoms with E-state index < -0.39 is 23.2 Å². The minimum atomic E-state index is -3.21. The average Bonchev–Trinajstić information content (AvgIpc) is 3.06. The predicted molar refractivity (Wildman–Crippen MR) is 183 cm³/mol. The standard InChI is InChI=1S/C36H48F3N5.C2H4/c1-4-12-25(13-5-2)30-21-31-34-40-22-26-14-11-15-32(33(26)37)36(38,39)27-18-28-20-29(19-27)44(28)17-10-8-6-7-9-16-43(24(30)3)35(31)42-23-41-34;1-2/h11,14-15,21,23,25,27-29H,3-10,12-13,16-20,22H2,1-2H3,(H,40,41,42);1-2H2. The Hall–Kier alpha value is -3.13. The van der Waals surface area contributed by atoms with Gasteiger partial charge < -0.3 is 10.2 Å². The predicted octanol–water partition coefficient (Wildman–Crippen LogP) is 9.87. The van der Waals surface area contributed by atoms with Gasteiger partial charge in [-0.25, -0.2) is 23.1 Å². The summed E-state index contributed by atoms with van der Waals surface area (Å²) in [7, 11) is 0. The molecule has 2 atom stereocenters. The van der Waals surface area contributed by atoms with Crippen molar-refractivity contribution in [2.45, 2.75) is 115 Å². The van der Waals surface area contributed by atoms with Crippen LogP contribution in [0.2, 0.25) is 0 Å².